The predicted molar refractivity (Wildman–Crippen MR) is 105 cm³/mol. The molecule has 4 nitrogen and oxygen atoms in total. The molecule has 2 aromatic rings. The molecule has 2 aliphatic heterocycles. The van der Waals surface area contributed by atoms with E-state index in [-0.39, 0.29) is 18.3 Å². The first-order chi connectivity index (χ1) is 11.9. The van der Waals surface area contributed by atoms with Gasteiger partial charge in [-0.1, -0.05) is 30.3 Å². The molecule has 0 amide bonds. The van der Waals surface area contributed by atoms with Crippen molar-refractivity contribution in [3.8, 4) is 0 Å². The maximum atomic E-state index is 6.30. The predicted octanol–water partition coefficient (Wildman–Crippen LogP) is 2.55. The monoisotopic (exact) mass is 338 g/mol. The van der Waals surface area contributed by atoms with Crippen molar-refractivity contribution < 1.29 is 9.31 Å². The van der Waals surface area contributed by atoms with E-state index in [4.69, 9.17) is 9.31 Å². The summed E-state index contributed by atoms with van der Waals surface area (Å²) in [6, 6.07) is 13.0. The van der Waals surface area contributed by atoms with Crippen molar-refractivity contribution in [2.24, 2.45) is 0 Å². The number of piperazine rings is 1. The molecule has 2 aromatic carbocycles. The number of hydrogen-bond donors (Lipinski definition) is 1. The first-order valence-electron chi connectivity index (χ1n) is 9.22. The molecule has 0 atom stereocenters. The number of hydrogen-bond acceptors (Lipinski definition) is 4. The van der Waals surface area contributed by atoms with Crippen LogP contribution in [0.3, 0.4) is 0 Å². The molecule has 0 saturated carbocycles. The molecule has 0 unspecified atom stereocenters. The summed E-state index contributed by atoms with van der Waals surface area (Å²) in [4.78, 5) is 2.47. The lowest BCUT2D eigenvalue weighted by Gasteiger charge is -2.32. The summed E-state index contributed by atoms with van der Waals surface area (Å²) in [5.41, 5.74) is 1.77. The fourth-order valence-corrected chi connectivity index (χ4v) is 3.66. The van der Waals surface area contributed by atoms with Crippen LogP contribution in [0.25, 0.3) is 10.8 Å². The maximum absolute atomic E-state index is 6.30. The summed E-state index contributed by atoms with van der Waals surface area (Å²) in [5.74, 6) is 0. The maximum Gasteiger partial charge on any atom is 0.495 e. The second-order valence-electron chi connectivity index (χ2n) is 8.04. The van der Waals surface area contributed by atoms with Gasteiger partial charge in [0.1, 0.15) is 0 Å². The van der Waals surface area contributed by atoms with Gasteiger partial charge < -0.3 is 19.5 Å². The van der Waals surface area contributed by atoms with Gasteiger partial charge >= 0.3 is 7.12 Å². The Bertz CT molecular complexity index is 768. The molecule has 5 heteroatoms. The third-order valence-electron chi connectivity index (χ3n) is 5.90. The van der Waals surface area contributed by atoms with Crippen molar-refractivity contribution in [1.82, 2.24) is 5.32 Å². The number of fused-ring (bicyclic) bond motifs is 1. The van der Waals surface area contributed by atoms with E-state index in [1.54, 1.807) is 0 Å². The Hall–Kier alpha value is -1.56. The Morgan fingerprint density at radius 1 is 0.880 bits per heavy atom. The topological polar surface area (TPSA) is 33.7 Å². The van der Waals surface area contributed by atoms with Crippen LogP contribution in [0.5, 0.6) is 0 Å². The minimum absolute atomic E-state index is 0.323. The highest BCUT2D eigenvalue weighted by molar-refractivity contribution is 6.65. The van der Waals surface area contributed by atoms with E-state index in [0.29, 0.717) is 0 Å². The fourth-order valence-electron chi connectivity index (χ4n) is 3.66. The van der Waals surface area contributed by atoms with Crippen molar-refractivity contribution in [2.75, 3.05) is 31.1 Å². The molecular formula is C20H27BN2O2. The van der Waals surface area contributed by atoms with Crippen LogP contribution in [-0.4, -0.2) is 44.5 Å². The third-order valence-corrected chi connectivity index (χ3v) is 5.90. The van der Waals surface area contributed by atoms with E-state index in [1.165, 1.54) is 16.5 Å². The summed E-state index contributed by atoms with van der Waals surface area (Å²) < 4.78 is 12.6. The largest absolute Gasteiger partial charge is 0.495 e. The molecule has 4 rings (SSSR count). The Morgan fingerprint density at radius 3 is 2.12 bits per heavy atom. The number of rotatable bonds is 2. The minimum Gasteiger partial charge on any atom is -0.399 e. The highest BCUT2D eigenvalue weighted by atomic mass is 16.7. The second-order valence-corrected chi connectivity index (χ2v) is 8.04. The Morgan fingerprint density at radius 2 is 1.48 bits per heavy atom. The standard InChI is InChI=1S/C20H27BN2O2/c1-19(2)20(3,4)25-21(24-19)17-9-10-18(23-13-11-22-12-14-23)16-8-6-5-7-15(16)17/h5-10,22H,11-14H2,1-4H3. The molecule has 2 heterocycles. The van der Waals surface area contributed by atoms with Gasteiger partial charge in [0.2, 0.25) is 0 Å². The summed E-state index contributed by atoms with van der Waals surface area (Å²) in [7, 11) is -0.327. The van der Waals surface area contributed by atoms with E-state index < -0.39 is 0 Å². The molecule has 132 valence electrons. The molecule has 0 spiro atoms. The van der Waals surface area contributed by atoms with Gasteiger partial charge in [-0.05, 0) is 44.6 Å². The average molecular weight is 338 g/mol. The second kappa shape index (κ2) is 6.01. The minimum atomic E-state index is -0.327. The molecule has 25 heavy (non-hydrogen) atoms. The molecule has 0 aromatic heterocycles. The molecule has 1 N–H and O–H groups in total. The zero-order chi connectivity index (χ0) is 17.7. The van der Waals surface area contributed by atoms with Crippen LogP contribution >= 0.6 is 0 Å². The van der Waals surface area contributed by atoms with Crippen LogP contribution in [0.15, 0.2) is 36.4 Å². The third kappa shape index (κ3) is 2.84. The van der Waals surface area contributed by atoms with E-state index in [9.17, 15) is 0 Å². The van der Waals surface area contributed by atoms with Gasteiger partial charge in [0, 0.05) is 37.3 Å². The molecule has 0 aliphatic carbocycles. The van der Waals surface area contributed by atoms with E-state index in [2.05, 4.69) is 74.3 Å². The number of nitrogens with zero attached hydrogens (tertiary/aromatic N) is 1. The number of benzene rings is 2. The van der Waals surface area contributed by atoms with Crippen LogP contribution in [0.1, 0.15) is 27.7 Å². The lowest BCUT2D eigenvalue weighted by atomic mass is 9.75. The van der Waals surface area contributed by atoms with Crippen molar-refractivity contribution in [3.05, 3.63) is 36.4 Å². The average Bonchev–Trinajstić information content (AvgIpc) is 2.82. The van der Waals surface area contributed by atoms with Crippen LogP contribution in [0, 0.1) is 0 Å². The van der Waals surface area contributed by atoms with Gasteiger partial charge in [-0.15, -0.1) is 0 Å². The molecule has 0 bridgehead atoms. The zero-order valence-electron chi connectivity index (χ0n) is 15.6. The van der Waals surface area contributed by atoms with Crippen LogP contribution in [0.4, 0.5) is 5.69 Å². The lowest BCUT2D eigenvalue weighted by Crippen LogP contribution is -2.44. The smallest absolute Gasteiger partial charge is 0.399 e. The van der Waals surface area contributed by atoms with Crippen LogP contribution < -0.4 is 15.7 Å². The van der Waals surface area contributed by atoms with Gasteiger partial charge in [-0.25, -0.2) is 0 Å². The number of anilines is 1. The number of nitrogens with one attached hydrogen (secondary N) is 1. The Labute approximate surface area is 150 Å². The fraction of sp³-hybridized carbons (Fsp3) is 0.500. The van der Waals surface area contributed by atoms with E-state index in [1.807, 2.05) is 0 Å². The van der Waals surface area contributed by atoms with Crippen molar-refractivity contribution in [3.63, 3.8) is 0 Å². The molecule has 0 radical (unpaired) electrons. The first kappa shape index (κ1) is 16.9. The van der Waals surface area contributed by atoms with Crippen molar-refractivity contribution in [2.45, 2.75) is 38.9 Å². The van der Waals surface area contributed by atoms with Gasteiger partial charge in [-0.3, -0.25) is 0 Å². The lowest BCUT2D eigenvalue weighted by molar-refractivity contribution is 0.00578. The highest BCUT2D eigenvalue weighted by Gasteiger charge is 2.52. The highest BCUT2D eigenvalue weighted by Crippen LogP contribution is 2.37. The normalized spacial score (nSPS) is 22.6. The summed E-state index contributed by atoms with van der Waals surface area (Å²) >= 11 is 0. The Balaban J connectivity index is 1.77. The SMILES string of the molecule is CC1(C)OB(c2ccc(N3CCNCC3)c3ccccc23)OC1(C)C. The van der Waals surface area contributed by atoms with E-state index >= 15 is 0 Å². The summed E-state index contributed by atoms with van der Waals surface area (Å²) in [6.07, 6.45) is 0. The van der Waals surface area contributed by atoms with Crippen LogP contribution in [-0.2, 0) is 9.31 Å². The van der Waals surface area contributed by atoms with Crippen molar-refractivity contribution in [1.29, 1.82) is 0 Å². The molecule has 2 aliphatic rings. The van der Waals surface area contributed by atoms with Crippen molar-refractivity contribution >= 4 is 29.0 Å². The van der Waals surface area contributed by atoms with Crippen LogP contribution in [0.2, 0.25) is 0 Å². The molecular weight excluding hydrogens is 311 g/mol. The Kier molecular flexibility index (Phi) is 4.06. The first-order valence-corrected chi connectivity index (χ1v) is 9.22. The molecule has 2 fully saturated rings. The van der Waals surface area contributed by atoms with Gasteiger partial charge in [0.05, 0.1) is 11.2 Å². The van der Waals surface area contributed by atoms with E-state index in [0.717, 1.165) is 31.6 Å². The quantitative estimate of drug-likeness (QED) is 0.854. The van der Waals surface area contributed by atoms with Gasteiger partial charge in [-0.2, -0.15) is 0 Å². The van der Waals surface area contributed by atoms with Gasteiger partial charge in [0.25, 0.3) is 0 Å². The summed E-state index contributed by atoms with van der Waals surface area (Å²) in [5, 5.41) is 5.92. The zero-order valence-corrected chi connectivity index (χ0v) is 15.6. The molecule has 2 saturated heterocycles. The summed E-state index contributed by atoms with van der Waals surface area (Å²) in [6.45, 7) is 12.6. The van der Waals surface area contributed by atoms with Gasteiger partial charge in [0.15, 0.2) is 0 Å².